The normalized spacial score (nSPS) is 8.67. The number of nitrogens with zero attached hydrogens (tertiary/aromatic N) is 2. The van der Waals surface area contributed by atoms with Gasteiger partial charge in [0.25, 0.3) is 0 Å². The van der Waals surface area contributed by atoms with Gasteiger partial charge in [-0.3, -0.25) is 0 Å². The zero-order valence-corrected chi connectivity index (χ0v) is 12.0. The minimum atomic E-state index is 0.566. The van der Waals surface area contributed by atoms with Gasteiger partial charge in [0.2, 0.25) is 12.2 Å². The van der Waals surface area contributed by atoms with Crippen LogP contribution in [-0.4, -0.2) is 12.2 Å². The molecule has 2 aromatic carbocycles. The summed E-state index contributed by atoms with van der Waals surface area (Å²) in [4.78, 5) is 27.2. The van der Waals surface area contributed by atoms with Gasteiger partial charge in [-0.2, -0.15) is 9.98 Å². The molecule has 0 spiro atoms. The minimum absolute atomic E-state index is 0.566. The van der Waals surface area contributed by atoms with Gasteiger partial charge in [-0.15, -0.1) is 0 Å². The highest BCUT2D eigenvalue weighted by Crippen LogP contribution is 2.24. The van der Waals surface area contributed by atoms with E-state index in [2.05, 4.69) is 23.8 Å². The molecule has 0 saturated heterocycles. The molecule has 106 valence electrons. The average Bonchev–Trinajstić information content (AvgIpc) is 2.50. The van der Waals surface area contributed by atoms with Crippen LogP contribution in [0, 0.1) is 0 Å². The van der Waals surface area contributed by atoms with E-state index >= 15 is 0 Å². The Morgan fingerprint density at radius 2 is 1.00 bits per heavy atom. The largest absolute Gasteiger partial charge is 0.240 e. The van der Waals surface area contributed by atoms with Crippen LogP contribution in [0.25, 0.3) is 11.1 Å². The second-order valence-electron chi connectivity index (χ2n) is 4.21. The summed E-state index contributed by atoms with van der Waals surface area (Å²) in [6, 6.07) is 14.4. The highest BCUT2D eigenvalue weighted by molar-refractivity contribution is 5.68. The van der Waals surface area contributed by atoms with Crippen molar-refractivity contribution in [3.8, 4) is 11.1 Å². The molecule has 21 heavy (non-hydrogen) atoms. The van der Waals surface area contributed by atoms with E-state index in [9.17, 15) is 9.59 Å². The van der Waals surface area contributed by atoms with Crippen LogP contribution in [0.5, 0.6) is 0 Å². The highest BCUT2D eigenvalue weighted by atomic mass is 16.1. The zero-order chi connectivity index (χ0) is 15.5. The first-order valence-corrected chi connectivity index (χ1v) is 6.61. The van der Waals surface area contributed by atoms with E-state index in [-0.39, 0.29) is 0 Å². The lowest BCUT2D eigenvalue weighted by Crippen LogP contribution is -1.76. The van der Waals surface area contributed by atoms with Crippen LogP contribution in [-0.2, 0) is 9.59 Å². The smallest absolute Gasteiger partial charge is 0.211 e. The van der Waals surface area contributed by atoms with E-state index in [1.165, 1.54) is 18.6 Å². The topological polar surface area (TPSA) is 58.9 Å². The van der Waals surface area contributed by atoms with Gasteiger partial charge < -0.3 is 0 Å². The second kappa shape index (κ2) is 9.16. The summed E-state index contributed by atoms with van der Waals surface area (Å²) in [6.45, 7) is 4.25. The fraction of sp³-hybridized carbons (Fsp3) is 0.176. The maximum Gasteiger partial charge on any atom is 0.240 e. The molecule has 0 atom stereocenters. The maximum atomic E-state index is 10.1. The van der Waals surface area contributed by atoms with Crippen LogP contribution in [0.1, 0.15) is 20.3 Å². The fourth-order valence-electron chi connectivity index (χ4n) is 1.56. The van der Waals surface area contributed by atoms with Crippen molar-refractivity contribution in [2.75, 3.05) is 0 Å². The zero-order valence-electron chi connectivity index (χ0n) is 12.0. The third kappa shape index (κ3) is 5.37. The van der Waals surface area contributed by atoms with Gasteiger partial charge in [-0.05, 0) is 35.4 Å². The van der Waals surface area contributed by atoms with Gasteiger partial charge in [0, 0.05) is 0 Å². The van der Waals surface area contributed by atoms with Gasteiger partial charge in [0.1, 0.15) is 0 Å². The Morgan fingerprint density at radius 3 is 1.24 bits per heavy atom. The van der Waals surface area contributed by atoms with Crippen molar-refractivity contribution in [1.82, 2.24) is 0 Å². The van der Waals surface area contributed by atoms with E-state index in [0.29, 0.717) is 11.4 Å². The lowest BCUT2D eigenvalue weighted by Gasteiger charge is -2.01. The lowest BCUT2D eigenvalue weighted by atomic mass is 10.1. The monoisotopic (exact) mass is 280 g/mol. The van der Waals surface area contributed by atoms with Gasteiger partial charge in [-0.1, -0.05) is 44.5 Å². The van der Waals surface area contributed by atoms with Crippen molar-refractivity contribution < 1.29 is 9.59 Å². The molecule has 2 rings (SSSR count). The first kappa shape index (κ1) is 16.3. The van der Waals surface area contributed by atoms with E-state index in [4.69, 9.17) is 0 Å². The van der Waals surface area contributed by atoms with Crippen molar-refractivity contribution in [2.45, 2.75) is 20.3 Å². The molecule has 0 fully saturated rings. The first-order valence-electron chi connectivity index (χ1n) is 6.61. The number of benzene rings is 2. The van der Waals surface area contributed by atoms with Gasteiger partial charge in [0.05, 0.1) is 11.4 Å². The van der Waals surface area contributed by atoms with E-state index in [1.807, 2.05) is 24.3 Å². The van der Waals surface area contributed by atoms with E-state index in [1.54, 1.807) is 24.3 Å². The molecule has 4 heteroatoms. The summed E-state index contributed by atoms with van der Waals surface area (Å²) in [5.74, 6) is 0. The van der Waals surface area contributed by atoms with Crippen LogP contribution < -0.4 is 0 Å². The average molecular weight is 280 g/mol. The standard InChI is InChI=1S/C14H8N2O2.C3H8/c17-9-15-13-5-1-11(2-6-13)12-3-7-14(8-4-12)16-10-18;1-3-2/h1-8H;3H2,1-2H3. The third-order valence-electron chi connectivity index (χ3n) is 2.42. The maximum absolute atomic E-state index is 10.1. The van der Waals surface area contributed by atoms with Gasteiger partial charge >= 0.3 is 0 Å². The van der Waals surface area contributed by atoms with Crippen LogP contribution in [0.2, 0.25) is 0 Å². The molecular weight excluding hydrogens is 264 g/mol. The Balaban J connectivity index is 0.000000677. The molecule has 4 nitrogen and oxygen atoms in total. The SMILES string of the molecule is CCC.O=C=Nc1ccc(-c2ccc(N=C=O)cc2)cc1. The summed E-state index contributed by atoms with van der Waals surface area (Å²) in [5, 5.41) is 0. The molecule has 0 heterocycles. The van der Waals surface area contributed by atoms with Crippen LogP contribution in [0.4, 0.5) is 11.4 Å². The summed E-state index contributed by atoms with van der Waals surface area (Å²) in [7, 11) is 0. The van der Waals surface area contributed by atoms with E-state index < -0.39 is 0 Å². The Kier molecular flexibility index (Phi) is 7.09. The van der Waals surface area contributed by atoms with Crippen molar-refractivity contribution >= 4 is 23.5 Å². The molecule has 2 aromatic rings. The number of hydrogen-bond acceptors (Lipinski definition) is 4. The molecule has 0 radical (unpaired) electrons. The molecule has 0 saturated carbocycles. The van der Waals surface area contributed by atoms with Crippen LogP contribution in [0.15, 0.2) is 58.5 Å². The van der Waals surface area contributed by atoms with Crippen molar-refractivity contribution in [3.05, 3.63) is 48.5 Å². The number of aliphatic imine (C=N–C) groups is 2. The molecule has 0 aliphatic rings. The van der Waals surface area contributed by atoms with Crippen molar-refractivity contribution in [1.29, 1.82) is 0 Å². The molecular formula is C17H16N2O2. The third-order valence-corrected chi connectivity index (χ3v) is 2.42. The molecule has 0 unspecified atom stereocenters. The van der Waals surface area contributed by atoms with Gasteiger partial charge in [0.15, 0.2) is 0 Å². The minimum Gasteiger partial charge on any atom is -0.211 e. The number of hydrogen-bond donors (Lipinski definition) is 0. The lowest BCUT2D eigenvalue weighted by molar-refractivity contribution is 0.564. The second-order valence-corrected chi connectivity index (χ2v) is 4.21. The molecule has 0 aliphatic heterocycles. The Hall–Kier alpha value is -2.80. The van der Waals surface area contributed by atoms with Crippen molar-refractivity contribution in [2.24, 2.45) is 9.98 Å². The van der Waals surface area contributed by atoms with Gasteiger partial charge in [-0.25, -0.2) is 9.59 Å². The Bertz CT molecular complexity index is 589. The van der Waals surface area contributed by atoms with E-state index in [0.717, 1.165) is 11.1 Å². The molecule has 0 aliphatic carbocycles. The Labute approximate surface area is 123 Å². The number of carbonyl (C=O) groups excluding carboxylic acids is 2. The highest BCUT2D eigenvalue weighted by Gasteiger charge is 1.98. The summed E-state index contributed by atoms with van der Waals surface area (Å²) in [6.07, 6.45) is 4.23. The molecule has 0 aromatic heterocycles. The first-order chi connectivity index (χ1) is 10.2. The number of isocyanates is 2. The van der Waals surface area contributed by atoms with Crippen molar-refractivity contribution in [3.63, 3.8) is 0 Å². The Morgan fingerprint density at radius 1 is 0.714 bits per heavy atom. The quantitative estimate of drug-likeness (QED) is 0.604. The predicted octanol–water partition coefficient (Wildman–Crippen LogP) is 4.70. The summed E-state index contributed by atoms with van der Waals surface area (Å²) in [5.41, 5.74) is 3.11. The summed E-state index contributed by atoms with van der Waals surface area (Å²) < 4.78 is 0. The fourth-order valence-corrected chi connectivity index (χ4v) is 1.56. The summed E-state index contributed by atoms with van der Waals surface area (Å²) >= 11 is 0. The number of rotatable bonds is 3. The van der Waals surface area contributed by atoms with Crippen LogP contribution in [0.3, 0.4) is 0 Å². The molecule has 0 amide bonds. The van der Waals surface area contributed by atoms with Crippen LogP contribution >= 0.6 is 0 Å². The predicted molar refractivity (Wildman–Crippen MR) is 83.4 cm³/mol. The molecule has 0 N–H and O–H groups in total. The molecule has 0 bridgehead atoms.